The first-order valence-corrected chi connectivity index (χ1v) is 8.12. The van der Waals surface area contributed by atoms with E-state index in [9.17, 15) is 15.4 Å². The summed E-state index contributed by atoms with van der Waals surface area (Å²) in [6.07, 6.45) is 15.4. The summed E-state index contributed by atoms with van der Waals surface area (Å²) in [4.78, 5) is 10.6. The molecule has 0 aromatic heterocycles. The summed E-state index contributed by atoms with van der Waals surface area (Å²) in [5, 5.41) is 20.1. The van der Waals surface area contributed by atoms with E-state index in [0.29, 0.717) is 18.8 Å². The second-order valence-electron chi connectivity index (χ2n) is 6.31. The molecule has 4 nitrogen and oxygen atoms in total. The molecular formula is C17H24N2O2. The molecular weight excluding hydrogens is 264 g/mol. The summed E-state index contributed by atoms with van der Waals surface area (Å²) in [6.45, 7) is 0. The fourth-order valence-corrected chi connectivity index (χ4v) is 3.51. The molecule has 21 heavy (non-hydrogen) atoms. The standard InChI is InChI=1S/C17H24N2O2/c18-13-16(8-4-7-14-5-2-1-3-6-14)15-9-11-17(12-10-15)19(20)21/h4,7-8,14-15,17H,1-3,5-6,9-12H2/b7-4+,16-8+. The van der Waals surface area contributed by atoms with Gasteiger partial charge in [0, 0.05) is 23.3 Å². The predicted octanol–water partition coefficient (Wildman–Crippen LogP) is 4.41. The van der Waals surface area contributed by atoms with Crippen molar-refractivity contribution >= 4 is 0 Å². The van der Waals surface area contributed by atoms with E-state index in [1.807, 2.05) is 12.2 Å². The van der Waals surface area contributed by atoms with Gasteiger partial charge in [0.15, 0.2) is 0 Å². The van der Waals surface area contributed by atoms with Gasteiger partial charge in [0.05, 0.1) is 6.07 Å². The van der Waals surface area contributed by atoms with Crippen LogP contribution in [-0.2, 0) is 0 Å². The van der Waals surface area contributed by atoms with Crippen molar-refractivity contribution in [3.05, 3.63) is 33.9 Å². The molecule has 114 valence electrons. The van der Waals surface area contributed by atoms with Crippen molar-refractivity contribution in [1.82, 2.24) is 0 Å². The maximum Gasteiger partial charge on any atom is 0.213 e. The van der Waals surface area contributed by atoms with Crippen LogP contribution in [0.15, 0.2) is 23.8 Å². The predicted molar refractivity (Wildman–Crippen MR) is 82.2 cm³/mol. The Morgan fingerprint density at radius 3 is 2.33 bits per heavy atom. The second kappa shape index (κ2) is 7.97. The molecule has 0 saturated heterocycles. The van der Waals surface area contributed by atoms with E-state index >= 15 is 0 Å². The lowest BCUT2D eigenvalue weighted by atomic mass is 9.81. The maximum atomic E-state index is 10.8. The van der Waals surface area contributed by atoms with Crippen LogP contribution in [-0.4, -0.2) is 11.0 Å². The zero-order valence-corrected chi connectivity index (χ0v) is 12.5. The fourth-order valence-electron chi connectivity index (χ4n) is 3.51. The molecule has 0 aromatic carbocycles. The highest BCUT2D eigenvalue weighted by molar-refractivity contribution is 5.28. The molecule has 0 aromatic rings. The molecule has 2 saturated carbocycles. The van der Waals surface area contributed by atoms with Crippen molar-refractivity contribution in [3.8, 4) is 6.07 Å². The molecule has 0 N–H and O–H groups in total. The number of nitriles is 1. The third-order valence-electron chi connectivity index (χ3n) is 4.87. The Labute approximate surface area is 126 Å². The van der Waals surface area contributed by atoms with Crippen LogP contribution in [0.4, 0.5) is 0 Å². The van der Waals surface area contributed by atoms with E-state index in [4.69, 9.17) is 0 Å². The van der Waals surface area contributed by atoms with Crippen molar-refractivity contribution in [2.45, 2.75) is 63.8 Å². The highest BCUT2D eigenvalue weighted by Crippen LogP contribution is 2.31. The van der Waals surface area contributed by atoms with E-state index in [1.54, 1.807) is 0 Å². The number of hydrogen-bond acceptors (Lipinski definition) is 3. The van der Waals surface area contributed by atoms with Crippen LogP contribution in [0.2, 0.25) is 0 Å². The van der Waals surface area contributed by atoms with Gasteiger partial charge in [0.25, 0.3) is 0 Å². The lowest BCUT2D eigenvalue weighted by molar-refractivity contribution is -0.526. The van der Waals surface area contributed by atoms with Crippen LogP contribution >= 0.6 is 0 Å². The zero-order valence-electron chi connectivity index (χ0n) is 12.5. The number of allylic oxidation sites excluding steroid dienone is 4. The average molecular weight is 288 g/mol. The first-order chi connectivity index (χ1) is 10.2. The summed E-state index contributed by atoms with van der Waals surface area (Å²) in [6, 6.07) is 1.89. The van der Waals surface area contributed by atoms with Gasteiger partial charge in [-0.25, -0.2) is 0 Å². The minimum atomic E-state index is -0.404. The summed E-state index contributed by atoms with van der Waals surface area (Å²) < 4.78 is 0. The zero-order chi connectivity index (χ0) is 15.1. The van der Waals surface area contributed by atoms with Crippen molar-refractivity contribution in [1.29, 1.82) is 5.26 Å². The van der Waals surface area contributed by atoms with Gasteiger partial charge in [-0.1, -0.05) is 31.4 Å². The monoisotopic (exact) mass is 288 g/mol. The second-order valence-corrected chi connectivity index (χ2v) is 6.31. The topological polar surface area (TPSA) is 66.9 Å². The van der Waals surface area contributed by atoms with Crippen molar-refractivity contribution in [3.63, 3.8) is 0 Å². The molecule has 4 heteroatoms. The lowest BCUT2D eigenvalue weighted by Gasteiger charge is -2.23. The normalized spacial score (nSPS) is 28.4. The number of hydrogen-bond donors (Lipinski definition) is 0. The van der Waals surface area contributed by atoms with Crippen LogP contribution in [0.5, 0.6) is 0 Å². The Bertz CT molecular complexity index is 448. The third kappa shape index (κ3) is 4.70. The molecule has 2 fully saturated rings. The fraction of sp³-hybridized carbons (Fsp3) is 0.706. The maximum absolute atomic E-state index is 10.8. The Morgan fingerprint density at radius 2 is 1.76 bits per heavy atom. The van der Waals surface area contributed by atoms with Crippen LogP contribution in [0.3, 0.4) is 0 Å². The largest absolute Gasteiger partial charge is 0.264 e. The molecule has 0 spiro atoms. The highest BCUT2D eigenvalue weighted by Gasteiger charge is 2.29. The van der Waals surface area contributed by atoms with Gasteiger partial charge in [0.2, 0.25) is 6.04 Å². The average Bonchev–Trinajstić information content (AvgIpc) is 2.53. The highest BCUT2D eigenvalue weighted by atomic mass is 16.6. The van der Waals surface area contributed by atoms with Crippen molar-refractivity contribution < 1.29 is 4.92 Å². The van der Waals surface area contributed by atoms with E-state index in [-0.39, 0.29) is 10.8 Å². The third-order valence-corrected chi connectivity index (χ3v) is 4.87. The molecule has 0 heterocycles. The van der Waals surface area contributed by atoms with E-state index in [1.165, 1.54) is 32.1 Å². The molecule has 0 unspecified atom stereocenters. The Kier molecular flexibility index (Phi) is 5.98. The van der Waals surface area contributed by atoms with Gasteiger partial charge in [0.1, 0.15) is 0 Å². The minimum Gasteiger partial charge on any atom is -0.264 e. The first-order valence-electron chi connectivity index (χ1n) is 8.12. The van der Waals surface area contributed by atoms with Gasteiger partial charge >= 0.3 is 0 Å². The Balaban J connectivity index is 1.87. The van der Waals surface area contributed by atoms with Crippen LogP contribution in [0.25, 0.3) is 0 Å². The first kappa shape index (κ1) is 15.8. The number of rotatable bonds is 4. The van der Waals surface area contributed by atoms with Crippen LogP contribution in [0.1, 0.15) is 57.8 Å². The summed E-state index contributed by atoms with van der Waals surface area (Å²) in [7, 11) is 0. The lowest BCUT2D eigenvalue weighted by Crippen LogP contribution is -2.26. The molecule has 0 amide bonds. The molecule has 2 rings (SSSR count). The van der Waals surface area contributed by atoms with E-state index in [2.05, 4.69) is 12.1 Å². The number of nitrogens with zero attached hydrogens (tertiary/aromatic N) is 2. The summed E-state index contributed by atoms with van der Waals surface area (Å²) >= 11 is 0. The van der Waals surface area contributed by atoms with Crippen LogP contribution in [0, 0.1) is 33.3 Å². The van der Waals surface area contributed by atoms with Gasteiger partial charge < -0.3 is 0 Å². The molecule has 0 aliphatic heterocycles. The molecule has 0 atom stereocenters. The Morgan fingerprint density at radius 1 is 1.10 bits per heavy atom. The van der Waals surface area contributed by atoms with E-state index in [0.717, 1.165) is 18.4 Å². The molecule has 0 radical (unpaired) electrons. The smallest absolute Gasteiger partial charge is 0.213 e. The van der Waals surface area contributed by atoms with E-state index < -0.39 is 6.04 Å². The molecule has 2 aliphatic rings. The molecule has 2 aliphatic carbocycles. The Hall–Kier alpha value is -1.63. The van der Waals surface area contributed by atoms with Gasteiger partial charge in [-0.3, -0.25) is 10.1 Å². The van der Waals surface area contributed by atoms with Crippen LogP contribution < -0.4 is 0 Å². The van der Waals surface area contributed by atoms with Gasteiger partial charge in [-0.2, -0.15) is 5.26 Å². The quantitative estimate of drug-likeness (QED) is 0.333. The summed E-state index contributed by atoms with van der Waals surface area (Å²) in [5.74, 6) is 0.877. The van der Waals surface area contributed by atoms with Gasteiger partial charge in [-0.15, -0.1) is 0 Å². The SMILES string of the molecule is N#C/C(=C\C=C\C1CCCCC1)C1CCC([N+](=O)[O-])CC1. The van der Waals surface area contributed by atoms with Crippen molar-refractivity contribution in [2.24, 2.45) is 11.8 Å². The minimum absolute atomic E-state index is 0.172. The van der Waals surface area contributed by atoms with Gasteiger partial charge in [-0.05, 0) is 43.6 Å². The summed E-state index contributed by atoms with van der Waals surface area (Å²) in [5.41, 5.74) is 0.795. The van der Waals surface area contributed by atoms with Crippen molar-refractivity contribution in [2.75, 3.05) is 0 Å². The number of nitro groups is 1. The molecule has 0 bridgehead atoms.